The maximum absolute atomic E-state index is 13.3. The molecule has 6 heteroatoms. The molecule has 1 aromatic rings. The molecular formula is C15H20FN3O2. The van der Waals surface area contributed by atoms with Crippen molar-refractivity contribution in [1.29, 1.82) is 0 Å². The van der Waals surface area contributed by atoms with E-state index in [0.29, 0.717) is 18.7 Å². The predicted octanol–water partition coefficient (Wildman–Crippen LogP) is 2.03. The number of nitrogens with one attached hydrogen (secondary N) is 2. The van der Waals surface area contributed by atoms with E-state index < -0.39 is 6.04 Å². The molecule has 0 aliphatic carbocycles. The van der Waals surface area contributed by atoms with Crippen molar-refractivity contribution in [2.45, 2.75) is 38.8 Å². The van der Waals surface area contributed by atoms with Crippen LogP contribution in [0.15, 0.2) is 24.3 Å². The van der Waals surface area contributed by atoms with Crippen molar-refractivity contribution in [3.05, 3.63) is 30.1 Å². The van der Waals surface area contributed by atoms with Crippen LogP contribution in [0, 0.1) is 5.82 Å². The van der Waals surface area contributed by atoms with Gasteiger partial charge in [-0.05, 0) is 44.9 Å². The first kappa shape index (κ1) is 15.3. The Kier molecular flexibility index (Phi) is 4.77. The molecular weight excluding hydrogens is 273 g/mol. The summed E-state index contributed by atoms with van der Waals surface area (Å²) in [5, 5.41) is 5.37. The van der Waals surface area contributed by atoms with Crippen molar-refractivity contribution >= 4 is 17.6 Å². The summed E-state index contributed by atoms with van der Waals surface area (Å²) in [6.45, 7) is 4.23. The zero-order chi connectivity index (χ0) is 15.4. The largest absolute Gasteiger partial charge is 0.336 e. The minimum absolute atomic E-state index is 0.00279. The molecule has 1 saturated heterocycles. The molecule has 0 aromatic heterocycles. The van der Waals surface area contributed by atoms with Crippen LogP contribution in [-0.2, 0) is 4.79 Å². The molecule has 1 atom stereocenters. The highest BCUT2D eigenvalue weighted by Crippen LogP contribution is 2.21. The number of halogens is 1. The molecule has 5 nitrogen and oxygen atoms in total. The number of rotatable bonds is 3. The van der Waals surface area contributed by atoms with Crippen molar-refractivity contribution < 1.29 is 14.0 Å². The van der Waals surface area contributed by atoms with E-state index in [1.54, 1.807) is 12.1 Å². The second-order valence-electron chi connectivity index (χ2n) is 5.44. The Hall–Kier alpha value is -2.11. The Morgan fingerprint density at radius 2 is 2.19 bits per heavy atom. The monoisotopic (exact) mass is 293 g/mol. The van der Waals surface area contributed by atoms with Crippen LogP contribution in [0.4, 0.5) is 14.9 Å². The number of hydrogen-bond donors (Lipinski definition) is 2. The van der Waals surface area contributed by atoms with Crippen molar-refractivity contribution in [2.75, 3.05) is 11.4 Å². The van der Waals surface area contributed by atoms with Crippen LogP contribution in [0.5, 0.6) is 0 Å². The quantitative estimate of drug-likeness (QED) is 0.895. The molecule has 2 N–H and O–H groups in total. The second kappa shape index (κ2) is 6.56. The zero-order valence-corrected chi connectivity index (χ0v) is 12.2. The summed E-state index contributed by atoms with van der Waals surface area (Å²) in [5.74, 6) is -0.585. The van der Waals surface area contributed by atoms with Gasteiger partial charge in [0, 0.05) is 18.3 Å². The third-order valence-electron chi connectivity index (χ3n) is 3.28. The molecule has 0 radical (unpaired) electrons. The Morgan fingerprint density at radius 1 is 1.43 bits per heavy atom. The van der Waals surface area contributed by atoms with Gasteiger partial charge >= 0.3 is 6.03 Å². The number of nitrogens with zero attached hydrogens (tertiary/aromatic N) is 1. The van der Waals surface area contributed by atoms with Gasteiger partial charge in [0.1, 0.15) is 11.9 Å². The van der Waals surface area contributed by atoms with Crippen LogP contribution >= 0.6 is 0 Å². The summed E-state index contributed by atoms with van der Waals surface area (Å²) < 4.78 is 13.3. The first-order valence-electron chi connectivity index (χ1n) is 7.11. The van der Waals surface area contributed by atoms with Gasteiger partial charge in [-0.25, -0.2) is 9.18 Å². The number of amides is 3. The van der Waals surface area contributed by atoms with Crippen molar-refractivity contribution in [3.8, 4) is 0 Å². The lowest BCUT2D eigenvalue weighted by Crippen LogP contribution is -2.55. The lowest BCUT2D eigenvalue weighted by molar-refractivity contribution is -0.121. The number of piperidine rings is 1. The van der Waals surface area contributed by atoms with Crippen LogP contribution in [0.25, 0.3) is 0 Å². The molecule has 3 amide bonds. The van der Waals surface area contributed by atoms with E-state index in [4.69, 9.17) is 0 Å². The summed E-state index contributed by atoms with van der Waals surface area (Å²) >= 11 is 0. The molecule has 0 saturated carbocycles. The number of urea groups is 1. The fourth-order valence-corrected chi connectivity index (χ4v) is 2.37. The highest BCUT2D eigenvalue weighted by Gasteiger charge is 2.30. The van der Waals surface area contributed by atoms with Gasteiger partial charge in [-0.1, -0.05) is 6.07 Å². The molecule has 0 spiro atoms. The van der Waals surface area contributed by atoms with Gasteiger partial charge in [0.25, 0.3) is 0 Å². The average Bonchev–Trinajstić information content (AvgIpc) is 2.40. The summed E-state index contributed by atoms with van der Waals surface area (Å²) in [5.41, 5.74) is 0.524. The molecule has 1 unspecified atom stereocenters. The number of benzene rings is 1. The third kappa shape index (κ3) is 3.93. The average molecular weight is 293 g/mol. The molecule has 1 heterocycles. The van der Waals surface area contributed by atoms with Gasteiger partial charge < -0.3 is 15.5 Å². The maximum Gasteiger partial charge on any atom is 0.315 e. The molecule has 1 fully saturated rings. The van der Waals surface area contributed by atoms with E-state index in [-0.39, 0.29) is 23.8 Å². The number of anilines is 1. The molecule has 2 rings (SSSR count). The topological polar surface area (TPSA) is 61.4 Å². The number of hydrogen-bond acceptors (Lipinski definition) is 2. The van der Waals surface area contributed by atoms with E-state index in [2.05, 4.69) is 10.6 Å². The minimum Gasteiger partial charge on any atom is -0.336 e. The van der Waals surface area contributed by atoms with Gasteiger partial charge in [-0.3, -0.25) is 4.79 Å². The predicted molar refractivity (Wildman–Crippen MR) is 78.6 cm³/mol. The van der Waals surface area contributed by atoms with Crippen molar-refractivity contribution in [3.63, 3.8) is 0 Å². The number of carbonyl (C=O) groups excluding carboxylic acids is 2. The van der Waals surface area contributed by atoms with Crippen LogP contribution in [0.3, 0.4) is 0 Å². The minimum atomic E-state index is -0.569. The zero-order valence-electron chi connectivity index (χ0n) is 12.2. The normalized spacial score (nSPS) is 18.8. The summed E-state index contributed by atoms with van der Waals surface area (Å²) in [6.07, 6.45) is 1.35. The second-order valence-corrected chi connectivity index (χ2v) is 5.44. The molecule has 114 valence electrons. The standard InChI is InChI=1S/C15H20FN3O2/c1-10(2)17-15(21)18-13-7-4-8-19(14(13)20)12-6-3-5-11(16)9-12/h3,5-6,9-10,13H,4,7-8H2,1-2H3,(H2,17,18,21). The van der Waals surface area contributed by atoms with Crippen LogP contribution in [-0.4, -0.2) is 30.6 Å². The van der Waals surface area contributed by atoms with Gasteiger partial charge in [0.2, 0.25) is 5.91 Å². The Morgan fingerprint density at radius 3 is 2.86 bits per heavy atom. The van der Waals surface area contributed by atoms with E-state index in [9.17, 15) is 14.0 Å². The smallest absolute Gasteiger partial charge is 0.315 e. The highest BCUT2D eigenvalue weighted by atomic mass is 19.1. The Bertz CT molecular complexity index is 533. The summed E-state index contributed by atoms with van der Waals surface area (Å²) in [7, 11) is 0. The maximum atomic E-state index is 13.3. The van der Waals surface area contributed by atoms with Gasteiger partial charge in [0.05, 0.1) is 0 Å². The summed E-state index contributed by atoms with van der Waals surface area (Å²) in [6, 6.07) is 5.00. The molecule has 1 aliphatic rings. The van der Waals surface area contributed by atoms with Gasteiger partial charge in [0.15, 0.2) is 0 Å². The fourth-order valence-electron chi connectivity index (χ4n) is 2.37. The van der Waals surface area contributed by atoms with Gasteiger partial charge in [-0.2, -0.15) is 0 Å². The van der Waals surface area contributed by atoms with Crippen LogP contribution in [0.2, 0.25) is 0 Å². The number of carbonyl (C=O) groups is 2. The van der Waals surface area contributed by atoms with Crippen molar-refractivity contribution in [2.24, 2.45) is 0 Å². The highest BCUT2D eigenvalue weighted by molar-refractivity contribution is 5.99. The fraction of sp³-hybridized carbons (Fsp3) is 0.467. The Labute approximate surface area is 123 Å². The van der Waals surface area contributed by atoms with E-state index >= 15 is 0 Å². The van der Waals surface area contributed by atoms with Crippen molar-refractivity contribution in [1.82, 2.24) is 10.6 Å². The van der Waals surface area contributed by atoms with E-state index in [1.807, 2.05) is 13.8 Å². The summed E-state index contributed by atoms with van der Waals surface area (Å²) in [4.78, 5) is 25.7. The van der Waals surface area contributed by atoms with Crippen LogP contribution in [0.1, 0.15) is 26.7 Å². The van der Waals surface area contributed by atoms with Gasteiger partial charge in [-0.15, -0.1) is 0 Å². The SMILES string of the molecule is CC(C)NC(=O)NC1CCCN(c2cccc(F)c2)C1=O. The Balaban J connectivity index is 2.06. The van der Waals surface area contributed by atoms with Crippen LogP contribution < -0.4 is 15.5 Å². The first-order valence-corrected chi connectivity index (χ1v) is 7.11. The molecule has 21 heavy (non-hydrogen) atoms. The first-order chi connectivity index (χ1) is 9.97. The molecule has 1 aliphatic heterocycles. The lowest BCUT2D eigenvalue weighted by atomic mass is 10.0. The third-order valence-corrected chi connectivity index (χ3v) is 3.28. The van der Waals surface area contributed by atoms with E-state index in [1.165, 1.54) is 17.0 Å². The lowest BCUT2D eigenvalue weighted by Gasteiger charge is -2.32. The molecule has 0 bridgehead atoms. The molecule has 1 aromatic carbocycles. The van der Waals surface area contributed by atoms with E-state index in [0.717, 1.165) is 6.42 Å².